The molecule has 0 saturated heterocycles. The lowest BCUT2D eigenvalue weighted by atomic mass is 10.2. The van der Waals surface area contributed by atoms with Crippen LogP contribution >= 0.6 is 11.6 Å². The quantitative estimate of drug-likeness (QED) is 0.796. The van der Waals surface area contributed by atoms with Gasteiger partial charge in [0, 0.05) is 10.6 Å². The van der Waals surface area contributed by atoms with E-state index in [4.69, 9.17) is 16.3 Å². The Kier molecular flexibility index (Phi) is 3.82. The van der Waals surface area contributed by atoms with Crippen molar-refractivity contribution in [3.05, 3.63) is 64.2 Å². The second-order valence-electron chi connectivity index (χ2n) is 3.91. The summed E-state index contributed by atoms with van der Waals surface area (Å²) in [6.45, 7) is 1.67. The van der Waals surface area contributed by atoms with E-state index >= 15 is 0 Å². The highest BCUT2D eigenvalue weighted by atomic mass is 35.5. The molecule has 1 nitrogen and oxygen atoms in total. The number of aryl methyl sites for hydroxylation is 1. The maximum absolute atomic E-state index is 13.7. The minimum Gasteiger partial charge on any atom is -0.486 e. The van der Waals surface area contributed by atoms with E-state index < -0.39 is 11.6 Å². The van der Waals surface area contributed by atoms with Crippen molar-refractivity contribution in [2.75, 3.05) is 0 Å². The van der Waals surface area contributed by atoms with Crippen molar-refractivity contribution < 1.29 is 13.5 Å². The maximum Gasteiger partial charge on any atom is 0.167 e. The van der Waals surface area contributed by atoms with E-state index in [2.05, 4.69) is 0 Å². The van der Waals surface area contributed by atoms with Gasteiger partial charge in [0.25, 0.3) is 0 Å². The van der Waals surface area contributed by atoms with Crippen LogP contribution in [0.4, 0.5) is 8.78 Å². The van der Waals surface area contributed by atoms with Gasteiger partial charge in [-0.05, 0) is 36.8 Å². The van der Waals surface area contributed by atoms with Crippen LogP contribution in [0, 0.1) is 18.6 Å². The van der Waals surface area contributed by atoms with E-state index in [9.17, 15) is 8.78 Å². The molecular weight excluding hydrogens is 258 g/mol. The lowest BCUT2D eigenvalue weighted by molar-refractivity contribution is 0.289. The lowest BCUT2D eigenvalue weighted by Gasteiger charge is -2.09. The van der Waals surface area contributed by atoms with Crippen LogP contribution in [-0.4, -0.2) is 0 Å². The first-order valence-corrected chi connectivity index (χ1v) is 5.77. The van der Waals surface area contributed by atoms with Gasteiger partial charge in [-0.2, -0.15) is 0 Å². The van der Waals surface area contributed by atoms with E-state index in [1.807, 2.05) is 0 Å². The molecule has 0 aliphatic heterocycles. The van der Waals surface area contributed by atoms with Gasteiger partial charge in [-0.15, -0.1) is 0 Å². The Morgan fingerprint density at radius 1 is 1.17 bits per heavy atom. The van der Waals surface area contributed by atoms with Crippen molar-refractivity contribution >= 4 is 11.6 Å². The normalized spacial score (nSPS) is 10.4. The molecule has 0 aliphatic rings. The van der Waals surface area contributed by atoms with Gasteiger partial charge in [0.15, 0.2) is 11.6 Å². The molecule has 4 heteroatoms. The third kappa shape index (κ3) is 2.79. The molecule has 0 aliphatic carbocycles. The molecule has 18 heavy (non-hydrogen) atoms. The molecule has 2 aromatic rings. The first-order chi connectivity index (χ1) is 8.58. The number of ether oxygens (including phenoxy) is 1. The van der Waals surface area contributed by atoms with E-state index in [-0.39, 0.29) is 12.4 Å². The first-order valence-electron chi connectivity index (χ1n) is 5.40. The molecule has 0 bridgehead atoms. The van der Waals surface area contributed by atoms with E-state index in [0.29, 0.717) is 16.1 Å². The molecule has 0 aromatic heterocycles. The monoisotopic (exact) mass is 268 g/mol. The minimum absolute atomic E-state index is 0.0248. The topological polar surface area (TPSA) is 9.23 Å². The first kappa shape index (κ1) is 12.8. The van der Waals surface area contributed by atoms with Crippen LogP contribution in [-0.2, 0) is 6.61 Å². The number of benzene rings is 2. The fourth-order valence-corrected chi connectivity index (χ4v) is 1.71. The Bertz CT molecular complexity index is 568. The minimum atomic E-state index is -0.412. The summed E-state index contributed by atoms with van der Waals surface area (Å²) in [4.78, 5) is 0. The van der Waals surface area contributed by atoms with Gasteiger partial charge < -0.3 is 4.74 Å². The van der Waals surface area contributed by atoms with Crippen LogP contribution in [0.5, 0.6) is 5.75 Å². The highest BCUT2D eigenvalue weighted by Gasteiger charge is 2.08. The number of rotatable bonds is 3. The highest BCUT2D eigenvalue weighted by molar-refractivity contribution is 6.31. The standard InChI is InChI=1S/C14H11ClF2O/c1-9-3-2-4-13(14(9)17)18-8-10-7-11(16)5-6-12(10)15/h2-7H,8H2,1H3. The summed E-state index contributed by atoms with van der Waals surface area (Å²) in [5.41, 5.74) is 0.982. The van der Waals surface area contributed by atoms with Gasteiger partial charge in [-0.3, -0.25) is 0 Å². The van der Waals surface area contributed by atoms with Gasteiger partial charge in [0.2, 0.25) is 0 Å². The molecule has 0 spiro atoms. The second-order valence-corrected chi connectivity index (χ2v) is 4.32. The molecule has 0 fully saturated rings. The van der Waals surface area contributed by atoms with Crippen LogP contribution in [0.15, 0.2) is 36.4 Å². The summed E-state index contributed by atoms with van der Waals surface area (Å²) in [5.74, 6) is -0.678. The zero-order valence-electron chi connectivity index (χ0n) is 9.71. The summed E-state index contributed by atoms with van der Waals surface area (Å²) in [5, 5.41) is 0.393. The summed E-state index contributed by atoms with van der Waals surface area (Å²) in [6, 6.07) is 8.85. The highest BCUT2D eigenvalue weighted by Crippen LogP contribution is 2.23. The van der Waals surface area contributed by atoms with Crippen molar-refractivity contribution in [2.45, 2.75) is 13.5 Å². The molecule has 0 N–H and O–H groups in total. The van der Waals surface area contributed by atoms with Gasteiger partial charge in [-0.1, -0.05) is 23.7 Å². The number of halogens is 3. The Balaban J connectivity index is 2.16. The summed E-state index contributed by atoms with van der Waals surface area (Å²) >= 11 is 5.89. The maximum atomic E-state index is 13.7. The van der Waals surface area contributed by atoms with Crippen molar-refractivity contribution in [1.29, 1.82) is 0 Å². The van der Waals surface area contributed by atoms with Gasteiger partial charge >= 0.3 is 0 Å². The molecule has 0 amide bonds. The molecule has 2 rings (SSSR count). The third-order valence-corrected chi connectivity index (χ3v) is 2.92. The molecule has 0 heterocycles. The lowest BCUT2D eigenvalue weighted by Crippen LogP contribution is -1.99. The molecule has 2 aromatic carbocycles. The van der Waals surface area contributed by atoms with Crippen molar-refractivity contribution in [1.82, 2.24) is 0 Å². The van der Waals surface area contributed by atoms with Crippen LogP contribution < -0.4 is 4.74 Å². The fourth-order valence-electron chi connectivity index (χ4n) is 1.54. The fraction of sp³-hybridized carbons (Fsp3) is 0.143. The Labute approximate surface area is 109 Å². The smallest absolute Gasteiger partial charge is 0.167 e. The average molecular weight is 269 g/mol. The van der Waals surface area contributed by atoms with Gasteiger partial charge in [0.05, 0.1) is 0 Å². The van der Waals surface area contributed by atoms with E-state index in [1.54, 1.807) is 19.1 Å². The van der Waals surface area contributed by atoms with E-state index in [1.165, 1.54) is 24.3 Å². The number of hydrogen-bond acceptors (Lipinski definition) is 1. The van der Waals surface area contributed by atoms with Crippen LogP contribution in [0.1, 0.15) is 11.1 Å². The molecule has 0 saturated carbocycles. The van der Waals surface area contributed by atoms with Crippen LogP contribution in [0.2, 0.25) is 5.02 Å². The molecule has 0 atom stereocenters. The Morgan fingerprint density at radius 2 is 1.94 bits per heavy atom. The van der Waals surface area contributed by atoms with Gasteiger partial charge in [-0.25, -0.2) is 8.78 Å². The van der Waals surface area contributed by atoms with Gasteiger partial charge in [0.1, 0.15) is 12.4 Å². The van der Waals surface area contributed by atoms with Crippen molar-refractivity contribution in [3.8, 4) is 5.75 Å². The summed E-state index contributed by atoms with van der Waals surface area (Å²) < 4.78 is 32.0. The Hall–Kier alpha value is -1.61. The molecule has 0 unspecified atom stereocenters. The van der Waals surface area contributed by atoms with Crippen LogP contribution in [0.25, 0.3) is 0 Å². The van der Waals surface area contributed by atoms with E-state index in [0.717, 1.165) is 0 Å². The molecule has 94 valence electrons. The molecular formula is C14H11ClF2O. The largest absolute Gasteiger partial charge is 0.486 e. The predicted molar refractivity (Wildman–Crippen MR) is 66.9 cm³/mol. The predicted octanol–water partition coefficient (Wildman–Crippen LogP) is 4.51. The zero-order chi connectivity index (χ0) is 13.1. The Morgan fingerprint density at radius 3 is 2.72 bits per heavy atom. The SMILES string of the molecule is Cc1cccc(OCc2cc(F)ccc2Cl)c1F. The second kappa shape index (κ2) is 5.36. The van der Waals surface area contributed by atoms with Crippen LogP contribution in [0.3, 0.4) is 0 Å². The number of hydrogen-bond donors (Lipinski definition) is 0. The third-order valence-electron chi connectivity index (χ3n) is 2.55. The summed E-state index contributed by atoms with van der Waals surface area (Å²) in [7, 11) is 0. The summed E-state index contributed by atoms with van der Waals surface area (Å²) in [6.07, 6.45) is 0. The van der Waals surface area contributed by atoms with Crippen molar-refractivity contribution in [3.63, 3.8) is 0 Å². The zero-order valence-corrected chi connectivity index (χ0v) is 10.5. The molecule has 0 radical (unpaired) electrons. The van der Waals surface area contributed by atoms with Crippen molar-refractivity contribution in [2.24, 2.45) is 0 Å². The average Bonchev–Trinajstić information content (AvgIpc) is 2.35.